The summed E-state index contributed by atoms with van der Waals surface area (Å²) >= 11 is 0. The van der Waals surface area contributed by atoms with E-state index in [9.17, 15) is 13.2 Å². The van der Waals surface area contributed by atoms with Crippen LogP contribution in [-0.4, -0.2) is 50.1 Å². The van der Waals surface area contributed by atoms with Crippen LogP contribution in [0.3, 0.4) is 0 Å². The highest BCUT2D eigenvalue weighted by Crippen LogP contribution is 2.12. The van der Waals surface area contributed by atoms with Crippen LogP contribution in [0.15, 0.2) is 18.3 Å². The fraction of sp³-hybridized carbons (Fsp3) is 0.400. The first-order valence-electron chi connectivity index (χ1n) is 4.88. The fourth-order valence-corrected chi connectivity index (χ4v) is 1.81. The van der Waals surface area contributed by atoms with Crippen molar-refractivity contribution in [2.24, 2.45) is 0 Å². The largest absolute Gasteiger partial charge is 0.477 e. The molecule has 1 rings (SSSR count). The second-order valence-electron chi connectivity index (χ2n) is 3.76. The molecule has 0 saturated carbocycles. The average molecular weight is 258 g/mol. The molecule has 0 aliphatic rings. The van der Waals surface area contributed by atoms with Crippen LogP contribution in [0, 0.1) is 0 Å². The van der Waals surface area contributed by atoms with Crippen molar-refractivity contribution in [1.29, 1.82) is 0 Å². The number of sulfone groups is 1. The minimum absolute atomic E-state index is 0.0221. The fourth-order valence-electron chi connectivity index (χ4n) is 1.21. The number of nitrogens with zero attached hydrogens (tertiary/aromatic N) is 2. The van der Waals surface area contributed by atoms with E-state index < -0.39 is 15.8 Å². The van der Waals surface area contributed by atoms with Crippen LogP contribution in [-0.2, 0) is 9.84 Å². The summed E-state index contributed by atoms with van der Waals surface area (Å²) in [5.74, 6) is -1.09. The lowest BCUT2D eigenvalue weighted by Crippen LogP contribution is -2.25. The molecule has 7 heteroatoms. The van der Waals surface area contributed by atoms with Crippen LogP contribution >= 0.6 is 0 Å². The Morgan fingerprint density at radius 2 is 2.18 bits per heavy atom. The molecule has 0 aliphatic carbocycles. The highest BCUT2D eigenvalue weighted by molar-refractivity contribution is 7.90. The summed E-state index contributed by atoms with van der Waals surface area (Å²) in [6, 6.07) is 3.04. The van der Waals surface area contributed by atoms with Crippen LogP contribution in [0.1, 0.15) is 10.5 Å². The zero-order valence-electron chi connectivity index (χ0n) is 9.62. The molecule has 0 amide bonds. The number of aromatic carboxylic acids is 1. The molecule has 0 aliphatic heterocycles. The normalized spacial score (nSPS) is 11.2. The Kier molecular flexibility index (Phi) is 4.06. The Morgan fingerprint density at radius 3 is 2.71 bits per heavy atom. The summed E-state index contributed by atoms with van der Waals surface area (Å²) in [5, 5.41) is 8.77. The van der Waals surface area contributed by atoms with Crippen molar-refractivity contribution >= 4 is 21.5 Å². The SMILES string of the molecule is CN(CCS(C)(=O)=O)c1ccnc(C(=O)O)c1. The first kappa shape index (κ1) is 13.4. The van der Waals surface area contributed by atoms with Crippen LogP contribution in [0.25, 0.3) is 0 Å². The van der Waals surface area contributed by atoms with E-state index in [1.165, 1.54) is 12.3 Å². The van der Waals surface area contributed by atoms with Gasteiger partial charge in [0.05, 0.1) is 5.75 Å². The molecule has 0 aromatic carbocycles. The summed E-state index contributed by atoms with van der Waals surface area (Å²) in [4.78, 5) is 16.1. The minimum atomic E-state index is -3.03. The molecular formula is C10H14N2O4S. The lowest BCUT2D eigenvalue weighted by molar-refractivity contribution is 0.0690. The standard InChI is InChI=1S/C10H14N2O4S/c1-12(5-6-17(2,15)16)8-3-4-11-9(7-8)10(13)14/h3-4,7H,5-6H2,1-2H3,(H,13,14). The van der Waals surface area contributed by atoms with Gasteiger partial charge in [-0.05, 0) is 12.1 Å². The smallest absolute Gasteiger partial charge is 0.354 e. The molecule has 94 valence electrons. The van der Waals surface area contributed by atoms with E-state index in [0.29, 0.717) is 12.2 Å². The predicted molar refractivity (Wildman–Crippen MR) is 64.2 cm³/mol. The first-order valence-corrected chi connectivity index (χ1v) is 6.94. The lowest BCUT2D eigenvalue weighted by atomic mass is 10.3. The quantitative estimate of drug-likeness (QED) is 0.815. The van der Waals surface area contributed by atoms with Gasteiger partial charge in [-0.1, -0.05) is 0 Å². The van der Waals surface area contributed by atoms with E-state index in [4.69, 9.17) is 5.11 Å². The number of carbonyl (C=O) groups is 1. The number of anilines is 1. The van der Waals surface area contributed by atoms with Crippen LogP contribution in [0.5, 0.6) is 0 Å². The highest BCUT2D eigenvalue weighted by Gasteiger charge is 2.09. The number of carboxylic acids is 1. The Labute approximate surface area is 99.8 Å². The molecule has 0 saturated heterocycles. The maximum atomic E-state index is 11.0. The summed E-state index contributed by atoms with van der Waals surface area (Å²) in [6.45, 7) is 0.307. The third-order valence-electron chi connectivity index (χ3n) is 2.20. The van der Waals surface area contributed by atoms with E-state index in [0.717, 1.165) is 6.26 Å². The van der Waals surface area contributed by atoms with Gasteiger partial charge in [-0.25, -0.2) is 18.2 Å². The number of carboxylic acid groups (broad SMARTS) is 1. The zero-order chi connectivity index (χ0) is 13.1. The number of hydrogen-bond acceptors (Lipinski definition) is 5. The molecule has 6 nitrogen and oxygen atoms in total. The summed E-state index contributed by atoms with van der Waals surface area (Å²) in [5.41, 5.74) is 0.565. The van der Waals surface area contributed by atoms with Gasteiger partial charge >= 0.3 is 5.97 Å². The van der Waals surface area contributed by atoms with E-state index >= 15 is 0 Å². The third kappa shape index (κ3) is 4.39. The Morgan fingerprint density at radius 1 is 1.53 bits per heavy atom. The second-order valence-corrected chi connectivity index (χ2v) is 6.02. The molecule has 1 aromatic rings. The van der Waals surface area contributed by atoms with Crippen molar-refractivity contribution in [1.82, 2.24) is 4.98 Å². The topological polar surface area (TPSA) is 87.6 Å². The number of aromatic nitrogens is 1. The van der Waals surface area contributed by atoms with Crippen molar-refractivity contribution < 1.29 is 18.3 Å². The van der Waals surface area contributed by atoms with Gasteiger partial charge in [0.25, 0.3) is 0 Å². The molecule has 0 atom stereocenters. The van der Waals surface area contributed by atoms with E-state index in [-0.39, 0.29) is 11.4 Å². The van der Waals surface area contributed by atoms with Gasteiger partial charge in [0.1, 0.15) is 15.5 Å². The van der Waals surface area contributed by atoms with Crippen molar-refractivity contribution in [2.45, 2.75) is 0 Å². The minimum Gasteiger partial charge on any atom is -0.477 e. The van der Waals surface area contributed by atoms with Crippen LogP contribution < -0.4 is 4.90 Å². The highest BCUT2D eigenvalue weighted by atomic mass is 32.2. The van der Waals surface area contributed by atoms with Gasteiger partial charge in [0, 0.05) is 31.7 Å². The summed E-state index contributed by atoms with van der Waals surface area (Å²) < 4.78 is 22.0. The molecule has 0 spiro atoms. The number of rotatable bonds is 5. The molecule has 17 heavy (non-hydrogen) atoms. The first-order chi connectivity index (χ1) is 7.79. The molecule has 0 bridgehead atoms. The van der Waals surface area contributed by atoms with E-state index in [1.807, 2.05) is 0 Å². The van der Waals surface area contributed by atoms with Crippen molar-refractivity contribution in [3.8, 4) is 0 Å². The molecule has 1 N–H and O–H groups in total. The van der Waals surface area contributed by atoms with Crippen molar-refractivity contribution in [3.63, 3.8) is 0 Å². The van der Waals surface area contributed by atoms with Crippen LogP contribution in [0.2, 0.25) is 0 Å². The third-order valence-corrected chi connectivity index (χ3v) is 3.13. The summed E-state index contributed by atoms with van der Waals surface area (Å²) in [6.07, 6.45) is 2.55. The maximum absolute atomic E-state index is 11.0. The molecule has 0 unspecified atom stereocenters. The maximum Gasteiger partial charge on any atom is 0.354 e. The van der Waals surface area contributed by atoms with Crippen LogP contribution in [0.4, 0.5) is 5.69 Å². The van der Waals surface area contributed by atoms with E-state index in [1.54, 1.807) is 18.0 Å². The molecule has 0 fully saturated rings. The number of hydrogen-bond donors (Lipinski definition) is 1. The molecule has 0 radical (unpaired) electrons. The Hall–Kier alpha value is -1.63. The Bertz CT molecular complexity index is 513. The van der Waals surface area contributed by atoms with Gasteiger partial charge in [-0.3, -0.25) is 0 Å². The molecule has 1 heterocycles. The predicted octanol–water partition coefficient (Wildman–Crippen LogP) is 0.261. The van der Waals surface area contributed by atoms with Gasteiger partial charge < -0.3 is 10.0 Å². The van der Waals surface area contributed by atoms with Gasteiger partial charge in [0.15, 0.2) is 0 Å². The second kappa shape index (κ2) is 5.13. The van der Waals surface area contributed by atoms with Crippen molar-refractivity contribution in [2.75, 3.05) is 30.5 Å². The monoisotopic (exact) mass is 258 g/mol. The van der Waals surface area contributed by atoms with Gasteiger partial charge in [-0.15, -0.1) is 0 Å². The molecule has 1 aromatic heterocycles. The number of pyridine rings is 1. The van der Waals surface area contributed by atoms with Gasteiger partial charge in [-0.2, -0.15) is 0 Å². The van der Waals surface area contributed by atoms with Crippen molar-refractivity contribution in [3.05, 3.63) is 24.0 Å². The van der Waals surface area contributed by atoms with E-state index in [2.05, 4.69) is 4.98 Å². The Balaban J connectivity index is 2.79. The lowest BCUT2D eigenvalue weighted by Gasteiger charge is -2.18. The molecular weight excluding hydrogens is 244 g/mol. The average Bonchev–Trinajstić information content (AvgIpc) is 2.25. The van der Waals surface area contributed by atoms with Gasteiger partial charge in [0.2, 0.25) is 0 Å². The zero-order valence-corrected chi connectivity index (χ0v) is 10.4. The summed E-state index contributed by atoms with van der Waals surface area (Å²) in [7, 11) is -1.33.